The number of aromatic nitrogens is 1. The van der Waals surface area contributed by atoms with E-state index >= 15 is 0 Å². The molecule has 0 aliphatic heterocycles. The largest absolute Gasteiger partial charge is 0.244 e. The van der Waals surface area contributed by atoms with Gasteiger partial charge >= 0.3 is 0 Å². The van der Waals surface area contributed by atoms with Crippen LogP contribution in [0.2, 0.25) is 5.15 Å². The Labute approximate surface area is 95.8 Å². The molecule has 0 bridgehead atoms. The molecular weight excluding hydrogens is 206 g/mol. The summed E-state index contributed by atoms with van der Waals surface area (Å²) in [6, 6.07) is 3.78. The molecular formula is C13H14ClN. The van der Waals surface area contributed by atoms with Gasteiger partial charge in [-0.05, 0) is 25.0 Å². The van der Waals surface area contributed by atoms with Crippen molar-refractivity contribution in [3.63, 3.8) is 0 Å². The number of hydrogen-bond acceptors (Lipinski definition) is 1. The number of rotatable bonds is 4. The fourth-order valence-electron chi connectivity index (χ4n) is 1.15. The van der Waals surface area contributed by atoms with Gasteiger partial charge < -0.3 is 0 Å². The molecule has 0 fully saturated rings. The molecule has 0 aliphatic rings. The normalized spacial score (nSPS) is 12.0. The second-order valence-electron chi connectivity index (χ2n) is 3.24. The number of halogens is 1. The van der Waals surface area contributed by atoms with Crippen molar-refractivity contribution < 1.29 is 0 Å². The highest BCUT2D eigenvalue weighted by molar-refractivity contribution is 6.29. The van der Waals surface area contributed by atoms with E-state index < -0.39 is 0 Å². The summed E-state index contributed by atoms with van der Waals surface area (Å²) in [5.74, 6) is 0. The molecule has 0 aliphatic carbocycles. The molecule has 15 heavy (non-hydrogen) atoms. The van der Waals surface area contributed by atoms with Gasteiger partial charge in [-0.3, -0.25) is 0 Å². The zero-order chi connectivity index (χ0) is 11.1. The molecule has 0 amide bonds. The van der Waals surface area contributed by atoms with Crippen LogP contribution in [0.3, 0.4) is 0 Å². The van der Waals surface area contributed by atoms with E-state index in [0.29, 0.717) is 5.15 Å². The van der Waals surface area contributed by atoms with Crippen molar-refractivity contribution in [1.29, 1.82) is 0 Å². The van der Waals surface area contributed by atoms with Crippen molar-refractivity contribution in [3.05, 3.63) is 65.5 Å². The first-order chi connectivity index (χ1) is 7.22. The Morgan fingerprint density at radius 1 is 1.53 bits per heavy atom. The van der Waals surface area contributed by atoms with Crippen LogP contribution >= 0.6 is 11.6 Å². The molecule has 1 heterocycles. The number of nitrogens with zero attached hydrogens (tertiary/aromatic N) is 1. The molecule has 78 valence electrons. The Kier molecular flexibility index (Phi) is 4.85. The van der Waals surface area contributed by atoms with Crippen molar-refractivity contribution in [2.45, 2.75) is 13.3 Å². The minimum Gasteiger partial charge on any atom is -0.244 e. The van der Waals surface area contributed by atoms with Crippen LogP contribution in [0.15, 0.2) is 54.8 Å². The van der Waals surface area contributed by atoms with Crippen LogP contribution < -0.4 is 0 Å². The summed E-state index contributed by atoms with van der Waals surface area (Å²) in [6.07, 6.45) is 10.6. The van der Waals surface area contributed by atoms with Gasteiger partial charge in [0.1, 0.15) is 5.15 Å². The van der Waals surface area contributed by atoms with Crippen molar-refractivity contribution in [3.8, 4) is 0 Å². The molecule has 1 rings (SSSR count). The molecule has 0 spiro atoms. The van der Waals surface area contributed by atoms with Crippen LogP contribution in [0.1, 0.15) is 12.5 Å². The van der Waals surface area contributed by atoms with E-state index in [2.05, 4.69) is 23.7 Å². The lowest BCUT2D eigenvalue weighted by atomic mass is 10.1. The maximum Gasteiger partial charge on any atom is 0.129 e. The van der Waals surface area contributed by atoms with Gasteiger partial charge in [0.2, 0.25) is 0 Å². The summed E-state index contributed by atoms with van der Waals surface area (Å²) in [5.41, 5.74) is 2.34. The smallest absolute Gasteiger partial charge is 0.129 e. The lowest BCUT2D eigenvalue weighted by Crippen LogP contribution is -1.83. The third kappa shape index (κ3) is 4.61. The maximum atomic E-state index is 5.69. The predicted octanol–water partition coefficient (Wildman–Crippen LogP) is 3.97. The molecule has 0 unspecified atom stereocenters. The first kappa shape index (κ1) is 11.7. The Hall–Kier alpha value is -1.34. The monoisotopic (exact) mass is 219 g/mol. The molecule has 0 saturated carbocycles. The van der Waals surface area contributed by atoms with Gasteiger partial charge in [0, 0.05) is 6.20 Å². The topological polar surface area (TPSA) is 12.9 Å². The predicted molar refractivity (Wildman–Crippen MR) is 66.0 cm³/mol. The Balaban J connectivity index is 2.53. The summed E-state index contributed by atoms with van der Waals surface area (Å²) < 4.78 is 0. The highest BCUT2D eigenvalue weighted by atomic mass is 35.5. The van der Waals surface area contributed by atoms with Gasteiger partial charge in [0.15, 0.2) is 0 Å². The minimum atomic E-state index is 0.533. The molecule has 2 heteroatoms. The van der Waals surface area contributed by atoms with Crippen molar-refractivity contribution >= 4 is 11.6 Å². The third-order valence-electron chi connectivity index (χ3n) is 1.90. The lowest BCUT2D eigenvalue weighted by molar-refractivity contribution is 1.19. The summed E-state index contributed by atoms with van der Waals surface area (Å²) >= 11 is 5.69. The Morgan fingerprint density at radius 3 is 2.93 bits per heavy atom. The van der Waals surface area contributed by atoms with Gasteiger partial charge in [0.05, 0.1) is 0 Å². The Morgan fingerprint density at radius 2 is 2.33 bits per heavy atom. The zero-order valence-corrected chi connectivity index (χ0v) is 9.54. The van der Waals surface area contributed by atoms with Gasteiger partial charge in [-0.25, -0.2) is 4.98 Å². The van der Waals surface area contributed by atoms with E-state index in [4.69, 9.17) is 11.6 Å². The van der Waals surface area contributed by atoms with E-state index in [0.717, 1.165) is 12.0 Å². The highest BCUT2D eigenvalue weighted by Crippen LogP contribution is 2.06. The second kappa shape index (κ2) is 6.20. The summed E-state index contributed by atoms with van der Waals surface area (Å²) in [7, 11) is 0. The van der Waals surface area contributed by atoms with Gasteiger partial charge in [-0.2, -0.15) is 0 Å². The molecule has 0 atom stereocenters. The van der Waals surface area contributed by atoms with Crippen LogP contribution in [-0.2, 0) is 6.42 Å². The van der Waals surface area contributed by atoms with E-state index in [1.165, 1.54) is 5.57 Å². The van der Waals surface area contributed by atoms with Gasteiger partial charge in [-0.15, -0.1) is 0 Å². The third-order valence-corrected chi connectivity index (χ3v) is 2.13. The Bertz CT molecular complexity index is 374. The molecule has 0 radical (unpaired) electrons. The van der Waals surface area contributed by atoms with Gasteiger partial charge in [0.25, 0.3) is 0 Å². The van der Waals surface area contributed by atoms with E-state index in [9.17, 15) is 0 Å². The van der Waals surface area contributed by atoms with E-state index in [1.54, 1.807) is 18.3 Å². The van der Waals surface area contributed by atoms with Crippen LogP contribution in [0, 0.1) is 0 Å². The number of allylic oxidation sites excluding steroid dienone is 5. The molecule has 1 aromatic heterocycles. The fraction of sp³-hybridized carbons (Fsp3) is 0.154. The van der Waals surface area contributed by atoms with Crippen molar-refractivity contribution in [2.24, 2.45) is 0 Å². The van der Waals surface area contributed by atoms with Crippen molar-refractivity contribution in [1.82, 2.24) is 4.98 Å². The van der Waals surface area contributed by atoms with Crippen molar-refractivity contribution in [2.75, 3.05) is 0 Å². The van der Waals surface area contributed by atoms with Gasteiger partial charge in [-0.1, -0.05) is 54.1 Å². The van der Waals surface area contributed by atoms with Crippen LogP contribution in [0.4, 0.5) is 0 Å². The number of pyridine rings is 1. The summed E-state index contributed by atoms with van der Waals surface area (Å²) in [5, 5.41) is 0.533. The maximum absolute atomic E-state index is 5.69. The van der Waals surface area contributed by atoms with Crippen LogP contribution in [0.5, 0.6) is 0 Å². The summed E-state index contributed by atoms with van der Waals surface area (Å²) in [4.78, 5) is 4.01. The first-order valence-corrected chi connectivity index (χ1v) is 5.16. The lowest BCUT2D eigenvalue weighted by Gasteiger charge is -1.95. The van der Waals surface area contributed by atoms with Crippen LogP contribution in [-0.4, -0.2) is 4.98 Å². The average molecular weight is 220 g/mol. The first-order valence-electron chi connectivity index (χ1n) is 4.78. The van der Waals surface area contributed by atoms with Crippen LogP contribution in [0.25, 0.3) is 0 Å². The molecule has 0 N–H and O–H groups in total. The number of hydrogen-bond donors (Lipinski definition) is 0. The molecule has 1 nitrogen and oxygen atoms in total. The molecule has 0 saturated heterocycles. The molecule has 1 aromatic rings. The fourth-order valence-corrected chi connectivity index (χ4v) is 1.26. The average Bonchev–Trinajstić information content (AvgIpc) is 2.21. The quantitative estimate of drug-likeness (QED) is 0.552. The van der Waals surface area contributed by atoms with E-state index in [-0.39, 0.29) is 0 Å². The minimum absolute atomic E-state index is 0.533. The highest BCUT2D eigenvalue weighted by Gasteiger charge is 1.90. The zero-order valence-electron chi connectivity index (χ0n) is 8.78. The standard InChI is InChI=1S/C13H14ClN/c1-3-5-11(2)6-4-7-12-8-9-13(14)15-10-12/h3-6,8-10H,1,7H2,2H3. The SMILES string of the molecule is C=CC=C(C)C=CCc1ccc(Cl)nc1. The second-order valence-corrected chi connectivity index (χ2v) is 3.63. The summed E-state index contributed by atoms with van der Waals surface area (Å²) in [6.45, 7) is 5.68. The molecule has 0 aromatic carbocycles. The van der Waals surface area contributed by atoms with E-state index in [1.807, 2.05) is 19.1 Å².